The highest BCUT2D eigenvalue weighted by molar-refractivity contribution is 5.78. The van der Waals surface area contributed by atoms with Crippen molar-refractivity contribution in [2.45, 2.75) is 37.8 Å². The van der Waals surface area contributed by atoms with Crippen LogP contribution in [0.5, 0.6) is 0 Å². The average Bonchev–Trinajstić information content (AvgIpc) is 3.25. The van der Waals surface area contributed by atoms with Crippen LogP contribution in [0.3, 0.4) is 0 Å². The van der Waals surface area contributed by atoms with Crippen molar-refractivity contribution in [3.8, 4) is 0 Å². The predicted octanol–water partition coefficient (Wildman–Crippen LogP) is -0.346. The molecule has 0 bridgehead atoms. The number of hydrogen-bond donors (Lipinski definition) is 2. The van der Waals surface area contributed by atoms with Gasteiger partial charge in [-0.2, -0.15) is 0 Å². The van der Waals surface area contributed by atoms with Gasteiger partial charge < -0.3 is 10.4 Å². The predicted molar refractivity (Wildman–Crippen MR) is 72.8 cm³/mol. The van der Waals surface area contributed by atoms with Gasteiger partial charge >= 0.3 is 0 Å². The molecule has 2 saturated carbocycles. The van der Waals surface area contributed by atoms with Crippen molar-refractivity contribution in [3.05, 3.63) is 0 Å². The molecule has 1 unspecified atom stereocenters. The Morgan fingerprint density at radius 1 is 1.11 bits per heavy atom. The van der Waals surface area contributed by atoms with Crippen molar-refractivity contribution >= 4 is 5.91 Å². The summed E-state index contributed by atoms with van der Waals surface area (Å²) in [5.74, 6) is 0.733. The van der Waals surface area contributed by atoms with Gasteiger partial charge in [0.15, 0.2) is 0 Å². The molecule has 0 spiro atoms. The first kappa shape index (κ1) is 13.3. The normalized spacial score (nSPS) is 27.2. The number of nitrogens with zero attached hydrogens (tertiary/aromatic N) is 2. The van der Waals surface area contributed by atoms with Gasteiger partial charge in [-0.05, 0) is 31.6 Å². The topological polar surface area (TPSA) is 55.8 Å². The summed E-state index contributed by atoms with van der Waals surface area (Å²) in [5, 5.41) is 13.0. The third kappa shape index (κ3) is 4.16. The van der Waals surface area contributed by atoms with Crippen molar-refractivity contribution < 1.29 is 9.90 Å². The molecule has 1 aliphatic heterocycles. The smallest absolute Gasteiger partial charge is 0.234 e. The van der Waals surface area contributed by atoms with Gasteiger partial charge in [-0.25, -0.2) is 0 Å². The molecule has 0 aromatic carbocycles. The fourth-order valence-corrected chi connectivity index (χ4v) is 2.73. The van der Waals surface area contributed by atoms with E-state index in [4.69, 9.17) is 0 Å². The molecule has 5 heteroatoms. The molecule has 2 aliphatic carbocycles. The van der Waals surface area contributed by atoms with E-state index in [1.165, 1.54) is 12.8 Å². The second-order valence-electron chi connectivity index (χ2n) is 6.32. The molecule has 3 aliphatic rings. The first-order valence-electron chi connectivity index (χ1n) is 7.63. The zero-order valence-electron chi connectivity index (χ0n) is 11.6. The lowest BCUT2D eigenvalue weighted by Gasteiger charge is -2.35. The van der Waals surface area contributed by atoms with E-state index in [1.807, 2.05) is 0 Å². The van der Waals surface area contributed by atoms with Crippen molar-refractivity contribution in [1.29, 1.82) is 0 Å². The zero-order valence-corrected chi connectivity index (χ0v) is 11.6. The zero-order chi connectivity index (χ0) is 13.2. The Labute approximate surface area is 114 Å². The number of amides is 1. The van der Waals surface area contributed by atoms with Crippen LogP contribution in [0, 0.1) is 5.92 Å². The second-order valence-corrected chi connectivity index (χ2v) is 6.32. The molecule has 0 radical (unpaired) electrons. The highest BCUT2D eigenvalue weighted by Gasteiger charge is 2.32. The minimum Gasteiger partial charge on any atom is -0.392 e. The van der Waals surface area contributed by atoms with Crippen LogP contribution in [0.1, 0.15) is 25.7 Å². The molecule has 5 nitrogen and oxygen atoms in total. The Hall–Kier alpha value is -0.650. The first-order chi connectivity index (χ1) is 9.20. The highest BCUT2D eigenvalue weighted by atomic mass is 16.3. The summed E-state index contributed by atoms with van der Waals surface area (Å²) >= 11 is 0. The van der Waals surface area contributed by atoms with Crippen LogP contribution in [0.4, 0.5) is 0 Å². The van der Waals surface area contributed by atoms with Crippen molar-refractivity contribution in [1.82, 2.24) is 15.1 Å². The van der Waals surface area contributed by atoms with E-state index in [0.717, 1.165) is 45.6 Å². The molecule has 1 saturated heterocycles. The first-order valence-corrected chi connectivity index (χ1v) is 7.63. The molecule has 19 heavy (non-hydrogen) atoms. The Morgan fingerprint density at radius 3 is 2.32 bits per heavy atom. The van der Waals surface area contributed by atoms with Crippen LogP contribution in [-0.2, 0) is 4.79 Å². The molecule has 2 N–H and O–H groups in total. The third-order valence-corrected chi connectivity index (χ3v) is 4.39. The molecule has 1 amide bonds. The van der Waals surface area contributed by atoms with Gasteiger partial charge in [-0.1, -0.05) is 0 Å². The molecular formula is C14H25N3O2. The third-order valence-electron chi connectivity index (χ3n) is 4.39. The highest BCUT2D eigenvalue weighted by Crippen LogP contribution is 2.32. The van der Waals surface area contributed by atoms with Crippen LogP contribution < -0.4 is 5.32 Å². The monoisotopic (exact) mass is 267 g/mol. The Balaban J connectivity index is 1.33. The number of aliphatic hydroxyl groups is 1. The standard InChI is InChI=1S/C14H25N3O2/c18-13(11-1-2-11)9-16-5-7-17(8-6-16)10-14(19)15-12-3-4-12/h11-13,18H,1-10H2,(H,15,19). The van der Waals surface area contributed by atoms with Crippen LogP contribution in [-0.4, -0.2) is 72.2 Å². The maximum atomic E-state index is 11.7. The fourth-order valence-electron chi connectivity index (χ4n) is 2.73. The molecular weight excluding hydrogens is 242 g/mol. The number of nitrogens with one attached hydrogen (secondary N) is 1. The van der Waals surface area contributed by atoms with E-state index >= 15 is 0 Å². The quantitative estimate of drug-likeness (QED) is 0.691. The maximum Gasteiger partial charge on any atom is 0.234 e. The van der Waals surface area contributed by atoms with Gasteiger partial charge in [-0.3, -0.25) is 14.6 Å². The van der Waals surface area contributed by atoms with Gasteiger partial charge in [0.05, 0.1) is 12.6 Å². The lowest BCUT2D eigenvalue weighted by molar-refractivity contribution is -0.122. The number of β-amino-alcohol motifs (C(OH)–C–C–N with tert-alkyl or cyclic N) is 1. The van der Waals surface area contributed by atoms with E-state index in [2.05, 4.69) is 15.1 Å². The van der Waals surface area contributed by atoms with E-state index in [0.29, 0.717) is 18.5 Å². The molecule has 1 atom stereocenters. The van der Waals surface area contributed by atoms with Crippen molar-refractivity contribution in [2.75, 3.05) is 39.3 Å². The summed E-state index contributed by atoms with van der Waals surface area (Å²) in [6.07, 6.45) is 4.56. The van der Waals surface area contributed by atoms with Crippen LogP contribution in [0.15, 0.2) is 0 Å². The molecule has 3 rings (SSSR count). The summed E-state index contributed by atoms with van der Waals surface area (Å²) in [4.78, 5) is 16.3. The van der Waals surface area contributed by atoms with Crippen molar-refractivity contribution in [3.63, 3.8) is 0 Å². The lowest BCUT2D eigenvalue weighted by Crippen LogP contribution is -2.51. The van der Waals surface area contributed by atoms with Crippen LogP contribution in [0.2, 0.25) is 0 Å². The van der Waals surface area contributed by atoms with E-state index in [9.17, 15) is 9.90 Å². The van der Waals surface area contributed by atoms with Gasteiger partial charge in [0.1, 0.15) is 0 Å². The number of piperazine rings is 1. The SMILES string of the molecule is O=C(CN1CCN(CC(O)C2CC2)CC1)NC1CC1. The summed E-state index contributed by atoms with van der Waals surface area (Å²) in [6, 6.07) is 0.461. The number of hydrogen-bond acceptors (Lipinski definition) is 4. The van der Waals surface area contributed by atoms with Crippen molar-refractivity contribution in [2.24, 2.45) is 5.92 Å². The average molecular weight is 267 g/mol. The Bertz CT molecular complexity index is 321. The van der Waals surface area contributed by atoms with Crippen LogP contribution >= 0.6 is 0 Å². The minimum atomic E-state index is -0.135. The lowest BCUT2D eigenvalue weighted by atomic mass is 10.2. The van der Waals surface area contributed by atoms with Crippen LogP contribution in [0.25, 0.3) is 0 Å². The summed E-state index contributed by atoms with van der Waals surface area (Å²) in [6.45, 7) is 5.17. The summed E-state index contributed by atoms with van der Waals surface area (Å²) in [7, 11) is 0. The van der Waals surface area contributed by atoms with E-state index in [1.54, 1.807) is 0 Å². The largest absolute Gasteiger partial charge is 0.392 e. The molecule has 3 fully saturated rings. The molecule has 1 heterocycles. The molecule has 108 valence electrons. The minimum absolute atomic E-state index is 0.135. The molecule has 0 aromatic rings. The summed E-state index contributed by atoms with van der Waals surface area (Å²) in [5.41, 5.74) is 0. The maximum absolute atomic E-state index is 11.7. The number of carbonyl (C=O) groups is 1. The number of rotatable bonds is 6. The Kier molecular flexibility index (Phi) is 4.05. The fraction of sp³-hybridized carbons (Fsp3) is 0.929. The van der Waals surface area contributed by atoms with Gasteiger partial charge in [0, 0.05) is 38.8 Å². The second kappa shape index (κ2) is 5.77. The molecule has 0 aromatic heterocycles. The van der Waals surface area contributed by atoms with Gasteiger partial charge in [0.2, 0.25) is 5.91 Å². The van der Waals surface area contributed by atoms with E-state index < -0.39 is 0 Å². The summed E-state index contributed by atoms with van der Waals surface area (Å²) < 4.78 is 0. The number of carbonyl (C=O) groups excluding carboxylic acids is 1. The van der Waals surface area contributed by atoms with Gasteiger partial charge in [0.25, 0.3) is 0 Å². The number of aliphatic hydroxyl groups excluding tert-OH is 1. The Morgan fingerprint density at radius 2 is 1.74 bits per heavy atom. The van der Waals surface area contributed by atoms with Gasteiger partial charge in [-0.15, -0.1) is 0 Å². The van der Waals surface area contributed by atoms with E-state index in [-0.39, 0.29) is 12.0 Å².